The summed E-state index contributed by atoms with van der Waals surface area (Å²) in [6, 6.07) is 0. The summed E-state index contributed by atoms with van der Waals surface area (Å²) in [4.78, 5) is 18.7. The van der Waals surface area contributed by atoms with Gasteiger partial charge >= 0.3 is 0 Å². The van der Waals surface area contributed by atoms with Crippen LogP contribution in [0.3, 0.4) is 0 Å². The fourth-order valence-electron chi connectivity index (χ4n) is 1.78. The van der Waals surface area contributed by atoms with Crippen molar-refractivity contribution >= 4 is 5.78 Å². The monoisotopic (exact) mass is 222 g/mol. The molecule has 3 nitrogen and oxygen atoms in total. The first-order chi connectivity index (χ1) is 7.74. The number of Topliss-reactive ketones (excluding diaryl/α,β-unsaturated/α-hetero) is 1. The smallest absolute Gasteiger partial charge is 0.141 e. The average Bonchev–Trinajstić information content (AvgIpc) is 2.76. The maximum Gasteiger partial charge on any atom is 0.141 e. The highest BCUT2D eigenvalue weighted by atomic mass is 16.1. The van der Waals surface area contributed by atoms with Gasteiger partial charge in [0.15, 0.2) is 0 Å². The van der Waals surface area contributed by atoms with E-state index in [1.807, 2.05) is 6.92 Å². The first-order valence-corrected chi connectivity index (χ1v) is 6.24. The van der Waals surface area contributed by atoms with Gasteiger partial charge in [-0.05, 0) is 6.42 Å². The van der Waals surface area contributed by atoms with E-state index in [4.69, 9.17) is 0 Å². The predicted molar refractivity (Wildman–Crippen MR) is 65.2 cm³/mol. The Morgan fingerprint density at radius 2 is 2.25 bits per heavy atom. The lowest BCUT2D eigenvalue weighted by atomic mass is 9.96. The third-order valence-electron chi connectivity index (χ3n) is 2.96. The highest BCUT2D eigenvalue weighted by molar-refractivity contribution is 5.82. The van der Waals surface area contributed by atoms with Crippen molar-refractivity contribution in [2.75, 3.05) is 0 Å². The fourth-order valence-corrected chi connectivity index (χ4v) is 1.78. The molecule has 0 radical (unpaired) electrons. The Kier molecular flexibility index (Phi) is 5.83. The van der Waals surface area contributed by atoms with Gasteiger partial charge in [0, 0.05) is 24.2 Å². The van der Waals surface area contributed by atoms with E-state index < -0.39 is 0 Å². The van der Waals surface area contributed by atoms with Crippen LogP contribution in [0.25, 0.3) is 0 Å². The highest BCUT2D eigenvalue weighted by Gasteiger charge is 2.13. The molecule has 0 saturated heterocycles. The standard InChI is InChI=1S/C13H22N2O/c1-3-4-5-6-7-11(2)13(16)8-12-9-14-10-15-12/h9-11H,3-8H2,1-2H3,(H,14,15). The van der Waals surface area contributed by atoms with Crippen molar-refractivity contribution in [3.8, 4) is 0 Å². The molecule has 0 aliphatic heterocycles. The Bertz CT molecular complexity index is 293. The average molecular weight is 222 g/mol. The molecule has 1 aromatic rings. The van der Waals surface area contributed by atoms with Crippen LogP contribution in [-0.4, -0.2) is 15.8 Å². The molecule has 1 N–H and O–H groups in total. The minimum Gasteiger partial charge on any atom is -0.348 e. The fraction of sp³-hybridized carbons (Fsp3) is 0.692. The van der Waals surface area contributed by atoms with Crippen LogP contribution in [0.4, 0.5) is 0 Å². The molecule has 16 heavy (non-hydrogen) atoms. The molecule has 1 rings (SSSR count). The Balaban J connectivity index is 2.20. The number of H-pyrrole nitrogens is 1. The normalized spacial score (nSPS) is 12.6. The molecule has 90 valence electrons. The van der Waals surface area contributed by atoms with Crippen molar-refractivity contribution in [3.63, 3.8) is 0 Å². The number of rotatable bonds is 8. The zero-order valence-corrected chi connectivity index (χ0v) is 10.3. The van der Waals surface area contributed by atoms with Crippen molar-refractivity contribution in [1.82, 2.24) is 9.97 Å². The van der Waals surface area contributed by atoms with E-state index in [0.29, 0.717) is 12.2 Å². The number of ketones is 1. The van der Waals surface area contributed by atoms with Crippen molar-refractivity contribution in [3.05, 3.63) is 18.2 Å². The first-order valence-electron chi connectivity index (χ1n) is 6.24. The number of imidazole rings is 1. The Hall–Kier alpha value is -1.12. The second-order valence-electron chi connectivity index (χ2n) is 4.47. The number of aromatic amines is 1. The van der Waals surface area contributed by atoms with Gasteiger partial charge in [0.2, 0.25) is 0 Å². The SMILES string of the molecule is CCCCCCC(C)C(=O)Cc1cnc[nH]1. The lowest BCUT2D eigenvalue weighted by Gasteiger charge is -2.09. The summed E-state index contributed by atoms with van der Waals surface area (Å²) in [5.74, 6) is 0.501. The third-order valence-corrected chi connectivity index (χ3v) is 2.96. The molecule has 0 aliphatic rings. The summed E-state index contributed by atoms with van der Waals surface area (Å²) >= 11 is 0. The predicted octanol–water partition coefficient (Wildman–Crippen LogP) is 3.13. The van der Waals surface area contributed by atoms with Gasteiger partial charge < -0.3 is 4.98 Å². The number of aromatic nitrogens is 2. The summed E-state index contributed by atoms with van der Waals surface area (Å²) in [5.41, 5.74) is 0.922. The van der Waals surface area contributed by atoms with Crippen LogP contribution in [0.5, 0.6) is 0 Å². The first kappa shape index (κ1) is 12.9. The molecule has 0 fully saturated rings. The molecule has 1 heterocycles. The van der Waals surface area contributed by atoms with Gasteiger partial charge in [-0.25, -0.2) is 4.98 Å². The molecule has 0 bridgehead atoms. The van der Waals surface area contributed by atoms with E-state index in [1.54, 1.807) is 12.5 Å². The molecule has 0 spiro atoms. The number of hydrogen-bond acceptors (Lipinski definition) is 2. The van der Waals surface area contributed by atoms with Crippen LogP contribution in [0, 0.1) is 5.92 Å². The second kappa shape index (κ2) is 7.20. The van der Waals surface area contributed by atoms with E-state index in [-0.39, 0.29) is 5.92 Å². The van der Waals surface area contributed by atoms with Crippen LogP contribution < -0.4 is 0 Å². The highest BCUT2D eigenvalue weighted by Crippen LogP contribution is 2.13. The third kappa shape index (κ3) is 4.60. The zero-order chi connectivity index (χ0) is 11.8. The van der Waals surface area contributed by atoms with Crippen LogP contribution in [0.1, 0.15) is 51.6 Å². The Morgan fingerprint density at radius 1 is 1.44 bits per heavy atom. The maximum atomic E-state index is 11.8. The molecule has 1 unspecified atom stereocenters. The van der Waals surface area contributed by atoms with Gasteiger partial charge in [0.05, 0.1) is 6.33 Å². The number of carbonyl (C=O) groups is 1. The van der Waals surface area contributed by atoms with Gasteiger partial charge in [-0.1, -0.05) is 39.5 Å². The van der Waals surface area contributed by atoms with Gasteiger partial charge in [0.1, 0.15) is 5.78 Å². The van der Waals surface area contributed by atoms with E-state index >= 15 is 0 Å². The van der Waals surface area contributed by atoms with Crippen molar-refractivity contribution < 1.29 is 4.79 Å². The number of hydrogen-bond donors (Lipinski definition) is 1. The van der Waals surface area contributed by atoms with E-state index in [0.717, 1.165) is 12.1 Å². The van der Waals surface area contributed by atoms with Crippen LogP contribution in [0.15, 0.2) is 12.5 Å². The molecule has 0 amide bonds. The van der Waals surface area contributed by atoms with Gasteiger partial charge in [0.25, 0.3) is 0 Å². The number of nitrogens with one attached hydrogen (secondary N) is 1. The Morgan fingerprint density at radius 3 is 2.88 bits per heavy atom. The quantitative estimate of drug-likeness (QED) is 0.687. The number of nitrogens with zero attached hydrogens (tertiary/aromatic N) is 1. The summed E-state index contributed by atoms with van der Waals surface area (Å²) in [5, 5.41) is 0. The van der Waals surface area contributed by atoms with Crippen molar-refractivity contribution in [1.29, 1.82) is 0 Å². The molecule has 3 heteroatoms. The van der Waals surface area contributed by atoms with Gasteiger partial charge in [-0.15, -0.1) is 0 Å². The van der Waals surface area contributed by atoms with Crippen LogP contribution >= 0.6 is 0 Å². The molecule has 0 saturated carbocycles. The summed E-state index contributed by atoms with van der Waals surface area (Å²) < 4.78 is 0. The van der Waals surface area contributed by atoms with Gasteiger partial charge in [-0.2, -0.15) is 0 Å². The molecule has 1 atom stereocenters. The topological polar surface area (TPSA) is 45.8 Å². The van der Waals surface area contributed by atoms with Crippen LogP contribution in [-0.2, 0) is 11.2 Å². The molecule has 1 aromatic heterocycles. The lowest BCUT2D eigenvalue weighted by Crippen LogP contribution is -2.13. The summed E-state index contributed by atoms with van der Waals surface area (Å²) in [6.45, 7) is 4.23. The van der Waals surface area contributed by atoms with Gasteiger partial charge in [-0.3, -0.25) is 4.79 Å². The maximum absolute atomic E-state index is 11.8. The minimum absolute atomic E-state index is 0.181. The largest absolute Gasteiger partial charge is 0.348 e. The minimum atomic E-state index is 0.181. The zero-order valence-electron chi connectivity index (χ0n) is 10.3. The second-order valence-corrected chi connectivity index (χ2v) is 4.47. The van der Waals surface area contributed by atoms with Crippen LogP contribution in [0.2, 0.25) is 0 Å². The summed E-state index contributed by atoms with van der Waals surface area (Å²) in [7, 11) is 0. The van der Waals surface area contributed by atoms with Crippen molar-refractivity contribution in [2.45, 2.75) is 52.4 Å². The molecular formula is C13H22N2O. The molecule has 0 aliphatic carbocycles. The van der Waals surface area contributed by atoms with E-state index in [1.165, 1.54) is 25.7 Å². The number of unbranched alkanes of at least 4 members (excludes halogenated alkanes) is 3. The van der Waals surface area contributed by atoms with E-state index in [9.17, 15) is 4.79 Å². The Labute approximate surface area is 97.7 Å². The summed E-state index contributed by atoms with van der Waals surface area (Å²) in [6.07, 6.45) is 9.80. The lowest BCUT2D eigenvalue weighted by molar-refractivity contribution is -0.122. The molecule has 0 aromatic carbocycles. The molecular weight excluding hydrogens is 200 g/mol. The van der Waals surface area contributed by atoms with Crippen molar-refractivity contribution in [2.24, 2.45) is 5.92 Å². The van der Waals surface area contributed by atoms with E-state index in [2.05, 4.69) is 16.9 Å². The number of carbonyl (C=O) groups excluding carboxylic acids is 1.